The lowest BCUT2D eigenvalue weighted by molar-refractivity contribution is 0.506. The van der Waals surface area contributed by atoms with Gasteiger partial charge in [0.15, 0.2) is 0 Å². The maximum atomic E-state index is 3.77. The minimum atomic E-state index is 0.698. The molecule has 0 aliphatic heterocycles. The summed E-state index contributed by atoms with van der Waals surface area (Å²) in [6, 6.07) is 0. The lowest BCUT2D eigenvalue weighted by Crippen LogP contribution is -2.22. The van der Waals surface area contributed by atoms with E-state index in [0.717, 1.165) is 11.8 Å². The van der Waals surface area contributed by atoms with E-state index in [1.54, 1.807) is 11.1 Å². The van der Waals surface area contributed by atoms with Crippen molar-refractivity contribution >= 4 is 31.9 Å². The van der Waals surface area contributed by atoms with Gasteiger partial charge in [0.1, 0.15) is 0 Å². The van der Waals surface area contributed by atoms with Crippen molar-refractivity contribution in [3.8, 4) is 0 Å². The van der Waals surface area contributed by atoms with Crippen molar-refractivity contribution in [2.75, 3.05) is 0 Å². The van der Waals surface area contributed by atoms with Crippen molar-refractivity contribution in [1.82, 2.24) is 0 Å². The van der Waals surface area contributed by atoms with Gasteiger partial charge in [0.05, 0.1) is 0 Å². The molecule has 0 fully saturated rings. The smallest absolute Gasteiger partial charge is 0.0189 e. The van der Waals surface area contributed by atoms with Crippen LogP contribution in [0.3, 0.4) is 0 Å². The zero-order valence-electron chi connectivity index (χ0n) is 8.69. The van der Waals surface area contributed by atoms with Gasteiger partial charge in [-0.3, -0.25) is 0 Å². The van der Waals surface area contributed by atoms with Crippen LogP contribution in [0.25, 0.3) is 0 Å². The fraction of sp³-hybridized carbons (Fsp3) is 0.667. The van der Waals surface area contributed by atoms with Crippen LogP contribution in [0.15, 0.2) is 21.7 Å². The molecule has 0 nitrogen and oxygen atoms in total. The van der Waals surface area contributed by atoms with E-state index >= 15 is 0 Å². The van der Waals surface area contributed by atoms with Crippen LogP contribution in [0.4, 0.5) is 0 Å². The van der Waals surface area contributed by atoms with E-state index in [2.05, 4.69) is 51.8 Å². The molecule has 78 valence electrons. The molecule has 2 aliphatic rings. The van der Waals surface area contributed by atoms with E-state index in [1.807, 2.05) is 0 Å². The molecule has 0 N–H and O–H groups in total. The molecule has 3 atom stereocenters. The van der Waals surface area contributed by atoms with Crippen LogP contribution in [-0.4, -0.2) is 4.83 Å². The first-order valence-corrected chi connectivity index (χ1v) is 7.02. The summed E-state index contributed by atoms with van der Waals surface area (Å²) in [6.07, 6.45) is 6.07. The highest BCUT2D eigenvalue weighted by Crippen LogP contribution is 2.43. The fourth-order valence-electron chi connectivity index (χ4n) is 2.63. The summed E-state index contributed by atoms with van der Waals surface area (Å²) in [5.41, 5.74) is 3.29. The number of rotatable bonds is 0. The largest absolute Gasteiger partial charge is 0.0887 e. The number of halogens is 2. The number of allylic oxidation sites excluding steroid dienone is 4. The first-order chi connectivity index (χ1) is 6.58. The molecule has 0 heterocycles. The molecule has 2 aliphatic carbocycles. The van der Waals surface area contributed by atoms with Gasteiger partial charge in [-0.2, -0.15) is 0 Å². The van der Waals surface area contributed by atoms with E-state index in [9.17, 15) is 0 Å². The summed E-state index contributed by atoms with van der Waals surface area (Å²) < 4.78 is 1.38. The summed E-state index contributed by atoms with van der Waals surface area (Å²) in [7, 11) is 0. The fourth-order valence-corrected chi connectivity index (χ4v) is 4.27. The van der Waals surface area contributed by atoms with Crippen LogP contribution >= 0.6 is 31.9 Å². The molecule has 0 radical (unpaired) electrons. The van der Waals surface area contributed by atoms with Crippen LogP contribution in [0.1, 0.15) is 33.1 Å². The first-order valence-electron chi connectivity index (χ1n) is 5.31. The minimum absolute atomic E-state index is 0.698. The molecule has 0 aromatic rings. The van der Waals surface area contributed by atoms with Gasteiger partial charge in [-0.1, -0.05) is 51.3 Å². The Morgan fingerprint density at radius 2 is 1.93 bits per heavy atom. The average molecular weight is 320 g/mol. The molecule has 0 amide bonds. The van der Waals surface area contributed by atoms with Gasteiger partial charge in [-0.15, -0.1) is 0 Å². The van der Waals surface area contributed by atoms with Crippen molar-refractivity contribution in [3.05, 3.63) is 21.7 Å². The van der Waals surface area contributed by atoms with Gasteiger partial charge in [-0.25, -0.2) is 0 Å². The molecule has 0 spiro atoms. The first kappa shape index (κ1) is 10.9. The molecule has 0 bridgehead atoms. The van der Waals surface area contributed by atoms with E-state index < -0.39 is 0 Å². The summed E-state index contributed by atoms with van der Waals surface area (Å²) in [5, 5.41) is 0. The quantitative estimate of drug-likeness (QED) is 0.563. The summed E-state index contributed by atoms with van der Waals surface area (Å²) in [4.78, 5) is 0.698. The van der Waals surface area contributed by atoms with Gasteiger partial charge < -0.3 is 0 Å². The Bertz CT molecular complexity index is 301. The number of alkyl halides is 1. The molecule has 0 saturated carbocycles. The number of hydrogen-bond acceptors (Lipinski definition) is 0. The van der Waals surface area contributed by atoms with Gasteiger partial charge in [0.25, 0.3) is 0 Å². The molecular weight excluding hydrogens is 304 g/mol. The zero-order valence-corrected chi connectivity index (χ0v) is 11.9. The second-order valence-electron chi connectivity index (χ2n) is 4.62. The van der Waals surface area contributed by atoms with Crippen LogP contribution in [0.2, 0.25) is 0 Å². The van der Waals surface area contributed by atoms with Gasteiger partial charge in [0.2, 0.25) is 0 Å². The predicted octanol–water partition coefficient (Wildman–Crippen LogP) is 4.80. The minimum Gasteiger partial charge on any atom is -0.0887 e. The van der Waals surface area contributed by atoms with Gasteiger partial charge >= 0.3 is 0 Å². The highest BCUT2D eigenvalue weighted by Gasteiger charge is 2.29. The highest BCUT2D eigenvalue weighted by atomic mass is 79.9. The van der Waals surface area contributed by atoms with Crippen molar-refractivity contribution < 1.29 is 0 Å². The van der Waals surface area contributed by atoms with Crippen molar-refractivity contribution in [2.45, 2.75) is 37.9 Å². The highest BCUT2D eigenvalue weighted by molar-refractivity contribution is 9.11. The Labute approximate surface area is 103 Å². The summed E-state index contributed by atoms with van der Waals surface area (Å²) in [6.45, 7) is 4.69. The predicted molar refractivity (Wildman–Crippen MR) is 68.9 cm³/mol. The third kappa shape index (κ3) is 2.01. The summed E-state index contributed by atoms with van der Waals surface area (Å²) in [5.74, 6) is 1.45. The van der Waals surface area contributed by atoms with Crippen LogP contribution in [-0.2, 0) is 0 Å². The summed E-state index contributed by atoms with van der Waals surface area (Å²) >= 11 is 7.42. The third-order valence-corrected chi connectivity index (χ3v) is 4.61. The topological polar surface area (TPSA) is 0 Å². The normalized spacial score (nSPS) is 38.0. The third-order valence-electron chi connectivity index (χ3n) is 3.36. The second-order valence-corrected chi connectivity index (χ2v) is 6.93. The van der Waals surface area contributed by atoms with Crippen LogP contribution in [0.5, 0.6) is 0 Å². The Hall–Kier alpha value is 0.440. The van der Waals surface area contributed by atoms with E-state index in [0.29, 0.717) is 4.83 Å². The maximum absolute atomic E-state index is 3.77. The van der Waals surface area contributed by atoms with E-state index in [4.69, 9.17) is 0 Å². The lowest BCUT2D eigenvalue weighted by atomic mass is 9.75. The maximum Gasteiger partial charge on any atom is 0.0189 e. The van der Waals surface area contributed by atoms with E-state index in [-0.39, 0.29) is 0 Å². The Morgan fingerprint density at radius 1 is 1.21 bits per heavy atom. The molecule has 14 heavy (non-hydrogen) atoms. The molecular formula is C12H16Br2. The Balaban J connectivity index is 2.37. The van der Waals surface area contributed by atoms with Gasteiger partial charge in [0, 0.05) is 4.83 Å². The van der Waals surface area contributed by atoms with Crippen LogP contribution < -0.4 is 0 Å². The van der Waals surface area contributed by atoms with Gasteiger partial charge in [-0.05, 0) is 47.2 Å². The molecule has 3 unspecified atom stereocenters. The van der Waals surface area contributed by atoms with Crippen LogP contribution in [0, 0.1) is 11.8 Å². The van der Waals surface area contributed by atoms with Crippen molar-refractivity contribution in [2.24, 2.45) is 11.8 Å². The van der Waals surface area contributed by atoms with Crippen molar-refractivity contribution in [1.29, 1.82) is 0 Å². The monoisotopic (exact) mass is 318 g/mol. The second kappa shape index (κ2) is 4.13. The zero-order chi connectivity index (χ0) is 10.3. The average Bonchev–Trinajstić information content (AvgIpc) is 2.07. The SMILES string of the molecule is CC1CC(Br)CC2=C1C=C(Br)CC2C. The molecule has 2 rings (SSSR count). The number of hydrogen-bond donors (Lipinski definition) is 0. The molecule has 0 aromatic carbocycles. The van der Waals surface area contributed by atoms with E-state index in [1.165, 1.54) is 23.7 Å². The molecule has 0 aromatic heterocycles. The Morgan fingerprint density at radius 3 is 2.64 bits per heavy atom. The molecule has 0 saturated heterocycles. The lowest BCUT2D eigenvalue weighted by Gasteiger charge is -2.34. The van der Waals surface area contributed by atoms with Crippen molar-refractivity contribution in [3.63, 3.8) is 0 Å². The Kier molecular flexibility index (Phi) is 3.23. The molecule has 2 heteroatoms. The standard InChI is InChI=1S/C12H16Br2/c1-7-3-9(13)6-12-8(2)4-10(14)5-11(7)12/h5,7-9H,3-4,6H2,1-2H3.